The van der Waals surface area contributed by atoms with Gasteiger partial charge in [0.05, 0.1) is 6.42 Å². The average Bonchev–Trinajstić information content (AvgIpc) is 2.21. The topological polar surface area (TPSA) is 49.3 Å². The fraction of sp³-hybridized carbons (Fsp3) is 0.462. The van der Waals surface area contributed by atoms with Gasteiger partial charge in [-0.3, -0.25) is 4.79 Å². The average molecular weight is 221 g/mol. The van der Waals surface area contributed by atoms with Crippen LogP contribution in [0.25, 0.3) is 0 Å². The predicted octanol–water partition coefficient (Wildman–Crippen LogP) is 2.43. The SMILES string of the molecule is Cc1ccc(C(C)NCCC(=O)O)cc1C. The number of rotatable bonds is 5. The van der Waals surface area contributed by atoms with Gasteiger partial charge in [0.15, 0.2) is 0 Å². The number of carbonyl (C=O) groups is 1. The molecule has 1 rings (SSSR count). The second-order valence-corrected chi connectivity index (χ2v) is 4.16. The molecule has 0 spiro atoms. The van der Waals surface area contributed by atoms with Crippen molar-refractivity contribution in [2.45, 2.75) is 33.2 Å². The van der Waals surface area contributed by atoms with Crippen molar-refractivity contribution in [2.75, 3.05) is 6.54 Å². The van der Waals surface area contributed by atoms with Crippen molar-refractivity contribution in [1.82, 2.24) is 5.32 Å². The van der Waals surface area contributed by atoms with Gasteiger partial charge in [-0.2, -0.15) is 0 Å². The normalized spacial score (nSPS) is 12.4. The third-order valence-electron chi connectivity index (χ3n) is 2.82. The molecule has 2 N–H and O–H groups in total. The summed E-state index contributed by atoms with van der Waals surface area (Å²) in [4.78, 5) is 10.4. The van der Waals surface area contributed by atoms with Crippen molar-refractivity contribution in [2.24, 2.45) is 0 Å². The Bertz CT molecular complexity index is 374. The Morgan fingerprint density at radius 1 is 1.38 bits per heavy atom. The molecule has 0 fully saturated rings. The van der Waals surface area contributed by atoms with E-state index in [1.54, 1.807) is 0 Å². The Hall–Kier alpha value is -1.35. The summed E-state index contributed by atoms with van der Waals surface area (Å²) in [5, 5.41) is 11.7. The minimum absolute atomic E-state index is 0.162. The molecule has 0 saturated heterocycles. The van der Waals surface area contributed by atoms with E-state index < -0.39 is 5.97 Å². The highest BCUT2D eigenvalue weighted by atomic mass is 16.4. The molecule has 0 aliphatic carbocycles. The lowest BCUT2D eigenvalue weighted by molar-refractivity contribution is -0.136. The van der Waals surface area contributed by atoms with E-state index >= 15 is 0 Å². The van der Waals surface area contributed by atoms with Gasteiger partial charge >= 0.3 is 5.97 Å². The number of benzene rings is 1. The molecule has 1 unspecified atom stereocenters. The maximum absolute atomic E-state index is 10.4. The van der Waals surface area contributed by atoms with Gasteiger partial charge in [0.1, 0.15) is 0 Å². The van der Waals surface area contributed by atoms with E-state index in [4.69, 9.17) is 5.11 Å². The summed E-state index contributed by atoms with van der Waals surface area (Å²) in [5.74, 6) is -0.764. The Labute approximate surface area is 96.5 Å². The van der Waals surface area contributed by atoms with Crippen molar-refractivity contribution in [1.29, 1.82) is 0 Å². The zero-order chi connectivity index (χ0) is 12.1. The van der Waals surface area contributed by atoms with Crippen molar-refractivity contribution in [3.05, 3.63) is 34.9 Å². The first-order valence-corrected chi connectivity index (χ1v) is 5.53. The van der Waals surface area contributed by atoms with E-state index in [0.717, 1.165) is 0 Å². The van der Waals surface area contributed by atoms with Crippen LogP contribution in [0.2, 0.25) is 0 Å². The Balaban J connectivity index is 2.55. The van der Waals surface area contributed by atoms with Gasteiger partial charge in [0.25, 0.3) is 0 Å². The number of nitrogens with one attached hydrogen (secondary N) is 1. The quantitative estimate of drug-likeness (QED) is 0.802. The fourth-order valence-corrected chi connectivity index (χ4v) is 1.55. The molecule has 3 nitrogen and oxygen atoms in total. The molecular weight excluding hydrogens is 202 g/mol. The third kappa shape index (κ3) is 3.66. The van der Waals surface area contributed by atoms with Gasteiger partial charge in [0.2, 0.25) is 0 Å². The van der Waals surface area contributed by atoms with Crippen molar-refractivity contribution >= 4 is 5.97 Å². The van der Waals surface area contributed by atoms with Crippen LogP contribution >= 0.6 is 0 Å². The summed E-state index contributed by atoms with van der Waals surface area (Å²) in [6.45, 7) is 6.72. The molecule has 0 bridgehead atoms. The predicted molar refractivity (Wildman–Crippen MR) is 64.6 cm³/mol. The van der Waals surface area contributed by atoms with Crippen LogP contribution in [0.1, 0.15) is 36.1 Å². The summed E-state index contributed by atoms with van der Waals surface area (Å²) in [5.41, 5.74) is 3.75. The van der Waals surface area contributed by atoms with E-state index in [9.17, 15) is 4.79 Å². The van der Waals surface area contributed by atoms with Crippen LogP contribution in [0, 0.1) is 13.8 Å². The lowest BCUT2D eigenvalue weighted by Crippen LogP contribution is -2.21. The number of carboxylic acid groups (broad SMARTS) is 1. The number of aliphatic carboxylic acids is 1. The largest absolute Gasteiger partial charge is 0.481 e. The van der Waals surface area contributed by atoms with Crippen LogP contribution in [0.4, 0.5) is 0 Å². The molecule has 0 aliphatic rings. The van der Waals surface area contributed by atoms with Crippen molar-refractivity contribution < 1.29 is 9.90 Å². The molecule has 0 aromatic heterocycles. The summed E-state index contributed by atoms with van der Waals surface area (Å²) in [6.07, 6.45) is 0.162. The highest BCUT2D eigenvalue weighted by Gasteiger charge is 2.06. The molecule has 0 radical (unpaired) electrons. The van der Waals surface area contributed by atoms with Gasteiger partial charge in [-0.05, 0) is 37.5 Å². The van der Waals surface area contributed by atoms with Crippen LogP contribution in [0.3, 0.4) is 0 Å². The van der Waals surface area contributed by atoms with E-state index in [1.165, 1.54) is 16.7 Å². The standard InChI is InChI=1S/C13H19NO2/c1-9-4-5-12(8-10(9)2)11(3)14-7-6-13(15)16/h4-5,8,11,14H,6-7H2,1-3H3,(H,15,16). The fourth-order valence-electron chi connectivity index (χ4n) is 1.55. The van der Waals surface area contributed by atoms with Crippen LogP contribution in [-0.4, -0.2) is 17.6 Å². The van der Waals surface area contributed by atoms with Crippen LogP contribution < -0.4 is 5.32 Å². The van der Waals surface area contributed by atoms with Gasteiger partial charge in [0, 0.05) is 12.6 Å². The Kier molecular flexibility index (Phi) is 4.50. The van der Waals surface area contributed by atoms with Gasteiger partial charge in [-0.15, -0.1) is 0 Å². The maximum atomic E-state index is 10.4. The first kappa shape index (κ1) is 12.7. The van der Waals surface area contributed by atoms with Crippen molar-refractivity contribution in [3.63, 3.8) is 0 Å². The lowest BCUT2D eigenvalue weighted by Gasteiger charge is -2.14. The molecule has 3 heteroatoms. The first-order valence-electron chi connectivity index (χ1n) is 5.53. The second-order valence-electron chi connectivity index (χ2n) is 4.16. The molecule has 1 aromatic rings. The molecule has 1 atom stereocenters. The first-order chi connectivity index (χ1) is 7.50. The maximum Gasteiger partial charge on any atom is 0.304 e. The molecule has 16 heavy (non-hydrogen) atoms. The van der Waals surface area contributed by atoms with Crippen molar-refractivity contribution in [3.8, 4) is 0 Å². The van der Waals surface area contributed by atoms with Gasteiger partial charge in [-0.1, -0.05) is 18.2 Å². The molecule has 0 amide bonds. The second kappa shape index (κ2) is 5.66. The van der Waals surface area contributed by atoms with Gasteiger partial charge in [-0.25, -0.2) is 0 Å². The minimum Gasteiger partial charge on any atom is -0.481 e. The number of hydrogen-bond donors (Lipinski definition) is 2. The Morgan fingerprint density at radius 3 is 2.62 bits per heavy atom. The zero-order valence-corrected chi connectivity index (χ0v) is 10.1. The zero-order valence-electron chi connectivity index (χ0n) is 10.1. The van der Waals surface area contributed by atoms with E-state index in [0.29, 0.717) is 6.54 Å². The Morgan fingerprint density at radius 2 is 2.06 bits per heavy atom. The molecule has 0 aliphatic heterocycles. The molecule has 88 valence electrons. The lowest BCUT2D eigenvalue weighted by atomic mass is 10.0. The highest BCUT2D eigenvalue weighted by Crippen LogP contribution is 2.16. The monoisotopic (exact) mass is 221 g/mol. The number of carboxylic acids is 1. The summed E-state index contributed by atoms with van der Waals surface area (Å²) < 4.78 is 0. The van der Waals surface area contributed by atoms with E-state index in [2.05, 4.69) is 37.4 Å². The van der Waals surface area contributed by atoms with Crippen LogP contribution in [-0.2, 0) is 4.79 Å². The minimum atomic E-state index is -0.764. The number of aryl methyl sites for hydroxylation is 2. The van der Waals surface area contributed by atoms with Gasteiger partial charge < -0.3 is 10.4 Å². The molecular formula is C13H19NO2. The summed E-state index contributed by atoms with van der Waals surface area (Å²) in [6, 6.07) is 6.52. The molecule has 1 aromatic carbocycles. The molecule has 0 saturated carbocycles. The van der Waals surface area contributed by atoms with Crippen LogP contribution in [0.5, 0.6) is 0 Å². The summed E-state index contributed by atoms with van der Waals surface area (Å²) in [7, 11) is 0. The smallest absolute Gasteiger partial charge is 0.304 e. The van der Waals surface area contributed by atoms with Crippen LogP contribution in [0.15, 0.2) is 18.2 Å². The highest BCUT2D eigenvalue weighted by molar-refractivity contribution is 5.66. The summed E-state index contributed by atoms with van der Waals surface area (Å²) >= 11 is 0. The molecule has 0 heterocycles. The number of hydrogen-bond acceptors (Lipinski definition) is 2. The van der Waals surface area contributed by atoms with E-state index in [1.807, 2.05) is 6.92 Å². The third-order valence-corrected chi connectivity index (χ3v) is 2.82. The van der Waals surface area contributed by atoms with E-state index in [-0.39, 0.29) is 12.5 Å².